The summed E-state index contributed by atoms with van der Waals surface area (Å²) in [6, 6.07) is 2.36. The van der Waals surface area contributed by atoms with Crippen molar-refractivity contribution in [2.24, 2.45) is 10.7 Å². The molecule has 0 aromatic heterocycles. The number of carbonyl (C=O) groups is 1. The highest BCUT2D eigenvalue weighted by Gasteiger charge is 2.48. The summed E-state index contributed by atoms with van der Waals surface area (Å²) in [6.07, 6.45) is -2.98. The highest BCUT2D eigenvalue weighted by atomic mass is 35.5. The molecule has 0 bridgehead atoms. The van der Waals surface area contributed by atoms with Gasteiger partial charge in [0.05, 0.1) is 16.1 Å². The zero-order valence-electron chi connectivity index (χ0n) is 20.6. The Morgan fingerprint density at radius 3 is 2.29 bits per heavy atom. The summed E-state index contributed by atoms with van der Waals surface area (Å²) >= 11 is 5.93. The Balaban J connectivity index is 1.75. The zero-order valence-corrected chi connectivity index (χ0v) is 22.1. The molecule has 1 saturated carbocycles. The van der Waals surface area contributed by atoms with E-state index >= 15 is 0 Å². The molecule has 0 radical (unpaired) electrons. The number of allylic oxidation sites excluding steroid dienone is 1. The number of benzene rings is 1. The number of rotatable bonds is 7. The maximum absolute atomic E-state index is 14.0. The van der Waals surface area contributed by atoms with Gasteiger partial charge in [-0.2, -0.15) is 17.5 Å². The number of aliphatic imine (C=N–C) groups is 1. The highest BCUT2D eigenvalue weighted by Crippen LogP contribution is 2.42. The Hall–Kier alpha value is -2.29. The van der Waals surface area contributed by atoms with E-state index in [4.69, 9.17) is 17.3 Å². The van der Waals surface area contributed by atoms with Gasteiger partial charge in [-0.15, -0.1) is 0 Å². The number of nitrogens with one attached hydrogen (secondary N) is 1. The molecule has 38 heavy (non-hydrogen) atoms. The monoisotopic (exact) mass is 585 g/mol. The van der Waals surface area contributed by atoms with Crippen molar-refractivity contribution >= 4 is 33.7 Å². The molecule has 1 heterocycles. The van der Waals surface area contributed by atoms with Gasteiger partial charge in [0.15, 0.2) is 0 Å². The maximum Gasteiger partial charge on any atom is 0.416 e. The van der Waals surface area contributed by atoms with Crippen LogP contribution in [-0.2, 0) is 16.2 Å². The number of hydrogen-bond donors (Lipinski definition) is 2. The summed E-state index contributed by atoms with van der Waals surface area (Å²) in [4.78, 5) is 18.4. The second kappa shape index (κ2) is 11.4. The summed E-state index contributed by atoms with van der Waals surface area (Å²) in [6.45, 7) is 0.447. The number of nitrogens with zero attached hydrogens (tertiary/aromatic N) is 3. The minimum Gasteiger partial charge on any atom is -0.388 e. The molecule has 3 N–H and O–H groups in total. The first-order valence-corrected chi connectivity index (χ1v) is 13.6. The second-order valence-corrected chi connectivity index (χ2v) is 11.7. The van der Waals surface area contributed by atoms with E-state index in [9.17, 15) is 35.2 Å². The van der Waals surface area contributed by atoms with Gasteiger partial charge in [-0.3, -0.25) is 14.7 Å². The van der Waals surface area contributed by atoms with E-state index in [1.165, 1.54) is 23.6 Å². The normalized spacial score (nSPS) is 21.5. The molecule has 0 atom stereocenters. The lowest BCUT2D eigenvalue weighted by atomic mass is 9.78. The van der Waals surface area contributed by atoms with E-state index in [-0.39, 0.29) is 61.2 Å². The number of nitrogens with two attached hydrogens (primary N) is 1. The smallest absolute Gasteiger partial charge is 0.388 e. The van der Waals surface area contributed by atoms with Crippen molar-refractivity contribution in [2.45, 2.75) is 43.3 Å². The van der Waals surface area contributed by atoms with Crippen molar-refractivity contribution in [1.29, 1.82) is 0 Å². The predicted molar refractivity (Wildman–Crippen MR) is 134 cm³/mol. The third kappa shape index (κ3) is 6.82. The molecule has 1 saturated heterocycles. The highest BCUT2D eigenvalue weighted by molar-refractivity contribution is 7.92. The number of amides is 1. The van der Waals surface area contributed by atoms with Crippen molar-refractivity contribution in [3.8, 4) is 0 Å². The average Bonchev–Trinajstić information content (AvgIpc) is 2.86. The van der Waals surface area contributed by atoms with Crippen LogP contribution < -0.4 is 11.1 Å². The topological polar surface area (TPSA) is 108 Å². The van der Waals surface area contributed by atoms with Gasteiger partial charge < -0.3 is 11.1 Å². The van der Waals surface area contributed by atoms with E-state index in [1.807, 2.05) is 4.90 Å². The van der Waals surface area contributed by atoms with Crippen LogP contribution in [0.2, 0.25) is 5.02 Å². The van der Waals surface area contributed by atoms with E-state index in [0.29, 0.717) is 6.07 Å². The van der Waals surface area contributed by atoms with Crippen LogP contribution in [0, 0.1) is 0 Å². The fraction of sp³-hybridized carbons (Fsp3) is 0.565. The summed E-state index contributed by atoms with van der Waals surface area (Å²) < 4.78 is 93.6. The molecule has 8 nitrogen and oxygen atoms in total. The lowest BCUT2D eigenvalue weighted by Gasteiger charge is -2.50. The van der Waals surface area contributed by atoms with E-state index in [1.54, 1.807) is 0 Å². The van der Waals surface area contributed by atoms with Crippen molar-refractivity contribution in [3.05, 3.63) is 45.5 Å². The molecule has 1 aromatic carbocycles. The summed E-state index contributed by atoms with van der Waals surface area (Å²) in [5, 5.41) is 1.89. The fourth-order valence-electron chi connectivity index (χ4n) is 4.69. The number of alkyl halides is 5. The van der Waals surface area contributed by atoms with Crippen molar-refractivity contribution in [3.63, 3.8) is 0 Å². The van der Waals surface area contributed by atoms with Crippen molar-refractivity contribution in [2.75, 3.05) is 39.8 Å². The molecule has 212 valence electrons. The van der Waals surface area contributed by atoms with E-state index in [2.05, 4.69) is 10.3 Å². The minimum atomic E-state index is -4.63. The molecular weight excluding hydrogens is 557 g/mol. The van der Waals surface area contributed by atoms with Gasteiger partial charge in [0, 0.05) is 64.4 Å². The molecule has 3 rings (SSSR count). The molecule has 2 aliphatic rings. The van der Waals surface area contributed by atoms with Gasteiger partial charge in [0.1, 0.15) is 5.03 Å². The first-order chi connectivity index (χ1) is 17.6. The van der Waals surface area contributed by atoms with Crippen LogP contribution in [-0.4, -0.2) is 81.0 Å². The number of hydrogen-bond acceptors (Lipinski definition) is 6. The summed E-state index contributed by atoms with van der Waals surface area (Å²) in [5.74, 6) is -3.60. The largest absolute Gasteiger partial charge is 0.416 e. The Kier molecular flexibility index (Phi) is 9.11. The molecule has 1 aliphatic carbocycles. The van der Waals surface area contributed by atoms with Crippen LogP contribution in [0.25, 0.3) is 0 Å². The fourth-order valence-corrected chi connectivity index (χ4v) is 6.13. The molecule has 1 aliphatic heterocycles. The van der Waals surface area contributed by atoms with Crippen LogP contribution >= 0.6 is 11.6 Å². The maximum atomic E-state index is 14.0. The van der Waals surface area contributed by atoms with Crippen LogP contribution in [0.3, 0.4) is 0 Å². The SMILES string of the molecule is CN=CC=C(N)S(=O)(=O)N1CCN(C2(CNC(=O)c3ccc(C(F)(F)F)cc3Cl)CCC(F)(F)CC2)CC1. The molecule has 15 heteroatoms. The van der Waals surface area contributed by atoms with Gasteiger partial charge in [0.2, 0.25) is 5.92 Å². The van der Waals surface area contributed by atoms with Crippen LogP contribution in [0.15, 0.2) is 34.3 Å². The number of sulfonamides is 1. The van der Waals surface area contributed by atoms with Crippen molar-refractivity contribution < 1.29 is 35.2 Å². The zero-order chi connectivity index (χ0) is 28.4. The van der Waals surface area contributed by atoms with E-state index in [0.717, 1.165) is 12.1 Å². The number of piperazine rings is 1. The lowest BCUT2D eigenvalue weighted by Crippen LogP contribution is -2.63. The molecular formula is C23H29ClF5N5O3S. The third-order valence-electron chi connectivity index (χ3n) is 6.97. The third-order valence-corrected chi connectivity index (χ3v) is 9.06. The van der Waals surface area contributed by atoms with Gasteiger partial charge in [-0.05, 0) is 37.1 Å². The first kappa shape index (κ1) is 30.3. The molecule has 0 unspecified atom stereocenters. The summed E-state index contributed by atoms with van der Waals surface area (Å²) in [7, 11) is -2.47. The standard InChI is InChI=1S/C23H29ClF5N5O3S/c1-31-9-4-19(30)38(36,37)34-12-10-33(11-13-34)21(5-7-22(25,26)8-6-21)15-32-20(35)17-3-2-16(14-18(17)24)23(27,28)29/h2-4,9,14H,5-8,10-13,15,30H2,1H3,(H,32,35). The van der Waals surface area contributed by atoms with Crippen LogP contribution in [0.4, 0.5) is 22.0 Å². The average molecular weight is 586 g/mol. The molecule has 1 aromatic rings. The van der Waals surface area contributed by atoms with Gasteiger partial charge >= 0.3 is 6.18 Å². The van der Waals surface area contributed by atoms with E-state index < -0.39 is 52.0 Å². The summed E-state index contributed by atoms with van der Waals surface area (Å²) in [5.41, 5.74) is 3.62. The van der Waals surface area contributed by atoms with Crippen LogP contribution in [0.5, 0.6) is 0 Å². The first-order valence-electron chi connectivity index (χ1n) is 11.8. The van der Waals surface area contributed by atoms with Crippen molar-refractivity contribution in [1.82, 2.24) is 14.5 Å². The number of carbonyl (C=O) groups excluding carboxylic acids is 1. The Morgan fingerprint density at radius 2 is 1.76 bits per heavy atom. The Morgan fingerprint density at radius 1 is 1.16 bits per heavy atom. The molecule has 1 amide bonds. The predicted octanol–water partition coefficient (Wildman–Crippen LogP) is 3.48. The molecule has 0 spiro atoms. The Labute approximate surface area is 222 Å². The lowest BCUT2D eigenvalue weighted by molar-refractivity contribution is -0.137. The van der Waals surface area contributed by atoms with Gasteiger partial charge in [-0.1, -0.05) is 11.6 Å². The molecule has 2 fully saturated rings. The quantitative estimate of drug-likeness (QED) is 0.376. The van der Waals surface area contributed by atoms with Gasteiger partial charge in [-0.25, -0.2) is 17.2 Å². The van der Waals surface area contributed by atoms with Crippen LogP contribution in [0.1, 0.15) is 41.6 Å². The second-order valence-electron chi connectivity index (χ2n) is 9.32. The number of halogens is 6. The van der Waals surface area contributed by atoms with Gasteiger partial charge in [0.25, 0.3) is 15.9 Å². The Bertz CT molecular complexity index is 1190. The minimum absolute atomic E-state index is 0.0305.